The molecule has 1 aromatic rings. The Morgan fingerprint density at radius 3 is 2.78 bits per heavy atom. The lowest BCUT2D eigenvalue weighted by Crippen LogP contribution is -2.48. The van der Waals surface area contributed by atoms with E-state index in [4.69, 9.17) is 25.8 Å². The monoisotopic (exact) mass is 514 g/mol. The van der Waals surface area contributed by atoms with Gasteiger partial charge in [0, 0.05) is 31.1 Å². The van der Waals surface area contributed by atoms with Gasteiger partial charge in [0.15, 0.2) is 0 Å². The Balaban J connectivity index is 1.67. The highest BCUT2D eigenvalue weighted by Gasteiger charge is 2.60. The predicted molar refractivity (Wildman–Crippen MR) is 145 cm³/mol. The number of benzene rings is 1. The van der Waals surface area contributed by atoms with Gasteiger partial charge in [0.25, 0.3) is 0 Å². The smallest absolute Gasteiger partial charge is 0.407 e. The molecule has 196 valence electrons. The van der Waals surface area contributed by atoms with E-state index in [0.29, 0.717) is 10.8 Å². The molecule has 36 heavy (non-hydrogen) atoms. The lowest BCUT2D eigenvalue weighted by Gasteiger charge is -2.33. The number of nitrogens with one attached hydrogen (secondary N) is 1. The summed E-state index contributed by atoms with van der Waals surface area (Å²) >= 11 is 6.75. The summed E-state index contributed by atoms with van der Waals surface area (Å²) in [5, 5.41) is 3.55. The van der Waals surface area contributed by atoms with Crippen LogP contribution in [0.2, 0.25) is 5.02 Å². The predicted octanol–water partition coefficient (Wildman–Crippen LogP) is 6.43. The third-order valence-corrected chi connectivity index (χ3v) is 8.51. The Kier molecular flexibility index (Phi) is 7.77. The molecule has 6 nitrogen and oxygen atoms in total. The van der Waals surface area contributed by atoms with E-state index in [0.717, 1.165) is 42.6 Å². The van der Waals surface area contributed by atoms with Gasteiger partial charge in [-0.05, 0) is 56.7 Å². The van der Waals surface area contributed by atoms with Crippen LogP contribution in [0.25, 0.3) is 0 Å². The molecule has 0 saturated carbocycles. The number of amides is 1. The first-order chi connectivity index (χ1) is 17.0. The number of nitrogens with zero attached hydrogens (tertiary/aromatic N) is 1. The van der Waals surface area contributed by atoms with E-state index in [2.05, 4.69) is 68.8 Å². The standard InChI is InChI=1S/C29H39ClN2O4/c1-17-10-8-9-11-22-16-24(35-28(33)31-22)20(4)27-29(5,36-27)18(2)13-19(3)32(6)23-14-21(12-17)15-25(34-7)26(23)30/h8-10,14-15,18,20,22,24,27H,3,11-13,16H2,1-2,4-7H3,(H,31,33)/b9-8+,17-10+/t18?,20-,22?,24?,27+,29+/m1/s1. The first-order valence-corrected chi connectivity index (χ1v) is 13.2. The number of halogens is 1. The van der Waals surface area contributed by atoms with E-state index in [-0.39, 0.29) is 41.8 Å². The molecule has 1 N–H and O–H groups in total. The number of alkyl carbamates (subject to hydrolysis) is 1. The molecule has 7 heteroatoms. The molecule has 6 atom stereocenters. The van der Waals surface area contributed by atoms with Crippen LogP contribution in [-0.2, 0) is 15.9 Å². The van der Waals surface area contributed by atoms with Crippen LogP contribution in [0.15, 0.2) is 48.2 Å². The van der Waals surface area contributed by atoms with Crippen LogP contribution >= 0.6 is 11.6 Å². The number of ether oxygens (including phenoxy) is 3. The molecule has 1 amide bonds. The molecule has 3 unspecified atom stereocenters. The average molecular weight is 515 g/mol. The zero-order chi connectivity index (χ0) is 26.2. The van der Waals surface area contributed by atoms with Crippen molar-refractivity contribution >= 4 is 23.4 Å². The summed E-state index contributed by atoms with van der Waals surface area (Å²) < 4.78 is 17.6. The quantitative estimate of drug-likeness (QED) is 0.437. The SMILES string of the molecule is C=C1CC(C)[C@]2(C)O[C@H]2[C@H](C)C2CC(C/C=C/C=C(\C)Cc3cc(OC)c(Cl)c(c3)N1C)NC(=O)O2. The van der Waals surface area contributed by atoms with E-state index < -0.39 is 0 Å². The molecule has 3 heterocycles. The molecule has 1 aromatic carbocycles. The number of fused-ring (bicyclic) bond motifs is 5. The van der Waals surface area contributed by atoms with Crippen molar-refractivity contribution < 1.29 is 19.0 Å². The van der Waals surface area contributed by atoms with Crippen molar-refractivity contribution in [3.05, 3.63) is 58.8 Å². The van der Waals surface area contributed by atoms with E-state index in [9.17, 15) is 4.79 Å². The molecule has 3 aliphatic heterocycles. The van der Waals surface area contributed by atoms with E-state index in [1.807, 2.05) is 13.1 Å². The fourth-order valence-corrected chi connectivity index (χ4v) is 5.83. The second kappa shape index (κ2) is 10.5. The van der Waals surface area contributed by atoms with Gasteiger partial charge in [-0.15, -0.1) is 0 Å². The topological polar surface area (TPSA) is 63.3 Å². The maximum Gasteiger partial charge on any atom is 0.407 e. The Hall–Kier alpha value is -2.44. The summed E-state index contributed by atoms with van der Waals surface area (Å²) in [5.74, 6) is 0.966. The Morgan fingerprint density at radius 1 is 1.31 bits per heavy atom. The molecule has 2 fully saturated rings. The molecule has 0 aromatic heterocycles. The van der Waals surface area contributed by atoms with Crippen molar-refractivity contribution in [3.63, 3.8) is 0 Å². The molecule has 0 spiro atoms. The summed E-state index contributed by atoms with van der Waals surface area (Å²) in [6.07, 6.45) is 8.84. The Morgan fingerprint density at radius 2 is 2.06 bits per heavy atom. The van der Waals surface area contributed by atoms with Gasteiger partial charge in [-0.3, -0.25) is 0 Å². The third kappa shape index (κ3) is 5.45. The van der Waals surface area contributed by atoms with E-state index in [1.54, 1.807) is 7.11 Å². The zero-order valence-electron chi connectivity index (χ0n) is 22.3. The molecule has 0 aliphatic carbocycles. The molecule has 3 aliphatic rings. The number of anilines is 1. The molecule has 4 bridgehead atoms. The third-order valence-electron chi connectivity index (χ3n) is 8.13. The second-order valence-corrected chi connectivity index (χ2v) is 11.2. The highest BCUT2D eigenvalue weighted by atomic mass is 35.5. The number of rotatable bonds is 1. The average Bonchev–Trinajstić information content (AvgIpc) is 3.53. The van der Waals surface area contributed by atoms with E-state index >= 15 is 0 Å². The largest absolute Gasteiger partial charge is 0.495 e. The van der Waals surface area contributed by atoms with Crippen LogP contribution in [0.4, 0.5) is 10.5 Å². The lowest BCUT2D eigenvalue weighted by atomic mass is 9.81. The van der Waals surface area contributed by atoms with Crippen LogP contribution in [0.5, 0.6) is 5.75 Å². The van der Waals surface area contributed by atoms with Gasteiger partial charge in [0.2, 0.25) is 0 Å². The molecule has 2 saturated heterocycles. The van der Waals surface area contributed by atoms with Crippen LogP contribution < -0.4 is 15.0 Å². The molecule has 4 rings (SSSR count). The van der Waals surface area contributed by atoms with Crippen molar-refractivity contribution in [2.75, 3.05) is 19.1 Å². The molecular weight excluding hydrogens is 476 g/mol. The number of allylic oxidation sites excluding steroid dienone is 4. The Bertz CT molecular complexity index is 1080. The fourth-order valence-electron chi connectivity index (χ4n) is 5.52. The van der Waals surface area contributed by atoms with Gasteiger partial charge in [-0.2, -0.15) is 0 Å². The number of hydrogen-bond acceptors (Lipinski definition) is 5. The minimum atomic E-state index is -0.343. The van der Waals surface area contributed by atoms with Gasteiger partial charge in [0.1, 0.15) is 16.9 Å². The summed E-state index contributed by atoms with van der Waals surface area (Å²) in [6, 6.07) is 4.16. The fraction of sp³-hybridized carbons (Fsp3) is 0.552. The number of carbonyl (C=O) groups is 1. The maximum absolute atomic E-state index is 12.3. The van der Waals surface area contributed by atoms with Crippen LogP contribution in [0.3, 0.4) is 0 Å². The Labute approximate surface area is 220 Å². The maximum atomic E-state index is 12.3. The van der Waals surface area contributed by atoms with Gasteiger partial charge >= 0.3 is 6.09 Å². The minimum absolute atomic E-state index is 0.0253. The van der Waals surface area contributed by atoms with Crippen LogP contribution in [0, 0.1) is 11.8 Å². The minimum Gasteiger partial charge on any atom is -0.495 e. The molecular formula is C29H39ClN2O4. The summed E-state index contributed by atoms with van der Waals surface area (Å²) in [6.45, 7) is 13.0. The van der Waals surface area contributed by atoms with Crippen molar-refractivity contribution in [1.82, 2.24) is 5.32 Å². The van der Waals surface area contributed by atoms with Crippen molar-refractivity contribution in [3.8, 4) is 5.75 Å². The van der Waals surface area contributed by atoms with Gasteiger partial charge < -0.3 is 24.4 Å². The van der Waals surface area contributed by atoms with Crippen molar-refractivity contribution in [2.24, 2.45) is 11.8 Å². The second-order valence-electron chi connectivity index (χ2n) is 10.8. The summed E-state index contributed by atoms with van der Waals surface area (Å²) in [5.41, 5.74) is 3.85. The first kappa shape index (κ1) is 26.6. The summed E-state index contributed by atoms with van der Waals surface area (Å²) in [4.78, 5) is 14.4. The van der Waals surface area contributed by atoms with Crippen LogP contribution in [-0.4, -0.2) is 44.1 Å². The van der Waals surface area contributed by atoms with E-state index in [1.165, 1.54) is 5.57 Å². The highest BCUT2D eigenvalue weighted by Crippen LogP contribution is 2.50. The van der Waals surface area contributed by atoms with Gasteiger partial charge in [0.05, 0.1) is 24.5 Å². The highest BCUT2D eigenvalue weighted by molar-refractivity contribution is 6.34. The van der Waals surface area contributed by atoms with Crippen molar-refractivity contribution in [2.45, 2.75) is 77.2 Å². The zero-order valence-corrected chi connectivity index (χ0v) is 23.0. The number of hydrogen-bond donors (Lipinski definition) is 1. The number of methoxy groups -OCH3 is 1. The number of epoxide rings is 1. The normalized spacial score (nSPS) is 35.6. The van der Waals surface area contributed by atoms with Gasteiger partial charge in [-0.1, -0.05) is 55.8 Å². The number of carbonyl (C=O) groups excluding carboxylic acids is 1. The van der Waals surface area contributed by atoms with Crippen LogP contribution in [0.1, 0.15) is 52.5 Å². The summed E-state index contributed by atoms with van der Waals surface area (Å²) in [7, 11) is 3.64. The van der Waals surface area contributed by atoms with Crippen molar-refractivity contribution in [1.29, 1.82) is 0 Å². The first-order valence-electron chi connectivity index (χ1n) is 12.8. The molecule has 0 radical (unpaired) electrons. The van der Waals surface area contributed by atoms with Gasteiger partial charge in [-0.25, -0.2) is 4.79 Å². The lowest BCUT2D eigenvalue weighted by molar-refractivity contribution is 0.0221.